The molecule has 0 saturated heterocycles. The predicted octanol–water partition coefficient (Wildman–Crippen LogP) is 3.68. The molecule has 1 aromatic carbocycles. The Kier molecular flexibility index (Phi) is 4.61. The van der Waals surface area contributed by atoms with Gasteiger partial charge in [0.15, 0.2) is 0 Å². The van der Waals surface area contributed by atoms with Crippen molar-refractivity contribution in [3.8, 4) is 11.1 Å². The topological polar surface area (TPSA) is 29.9 Å². The first-order valence-corrected chi connectivity index (χ1v) is 7.40. The molecule has 3 heteroatoms. The predicted molar refractivity (Wildman–Crippen MR) is 84.8 cm³/mol. The van der Waals surface area contributed by atoms with Gasteiger partial charge in [0, 0.05) is 30.4 Å². The van der Waals surface area contributed by atoms with E-state index in [2.05, 4.69) is 74.0 Å². The molecule has 0 saturated carbocycles. The van der Waals surface area contributed by atoms with Crippen LogP contribution in [0, 0.1) is 13.8 Å². The lowest BCUT2D eigenvalue weighted by Crippen LogP contribution is -2.22. The number of hydrogen-bond donors (Lipinski definition) is 1. The van der Waals surface area contributed by atoms with E-state index in [1.807, 2.05) is 0 Å². The van der Waals surface area contributed by atoms with Crippen molar-refractivity contribution in [3.63, 3.8) is 0 Å². The smallest absolute Gasteiger partial charge is 0.0675 e. The fraction of sp³-hybridized carbons (Fsp3) is 0.471. The monoisotopic (exact) mass is 271 g/mol. The number of rotatable bonds is 5. The third-order valence-electron chi connectivity index (χ3n) is 3.67. The van der Waals surface area contributed by atoms with E-state index < -0.39 is 0 Å². The highest BCUT2D eigenvalue weighted by molar-refractivity contribution is 5.71. The fourth-order valence-corrected chi connectivity index (χ4v) is 2.63. The molecule has 0 atom stereocenters. The summed E-state index contributed by atoms with van der Waals surface area (Å²) in [5, 5.41) is 8.14. The number of hydrogen-bond acceptors (Lipinski definition) is 2. The van der Waals surface area contributed by atoms with Crippen LogP contribution >= 0.6 is 0 Å². The van der Waals surface area contributed by atoms with E-state index in [1.165, 1.54) is 22.4 Å². The summed E-state index contributed by atoms with van der Waals surface area (Å²) in [6, 6.07) is 9.11. The van der Waals surface area contributed by atoms with Gasteiger partial charge in [-0.3, -0.25) is 4.68 Å². The molecule has 20 heavy (non-hydrogen) atoms. The van der Waals surface area contributed by atoms with Crippen LogP contribution in [0.15, 0.2) is 24.3 Å². The summed E-state index contributed by atoms with van der Waals surface area (Å²) >= 11 is 0. The maximum atomic E-state index is 4.64. The normalized spacial score (nSPS) is 11.3. The highest BCUT2D eigenvalue weighted by Gasteiger charge is 2.15. The number of benzene rings is 1. The number of nitrogens with zero attached hydrogens (tertiary/aromatic N) is 2. The van der Waals surface area contributed by atoms with Crippen LogP contribution in [0.2, 0.25) is 0 Å². The SMILES string of the molecule is CCn1nc(C)c(-c2ccccc2CNC(C)C)c1C. The van der Waals surface area contributed by atoms with E-state index >= 15 is 0 Å². The van der Waals surface area contributed by atoms with Crippen LogP contribution in [0.3, 0.4) is 0 Å². The summed E-state index contributed by atoms with van der Waals surface area (Å²) in [5.41, 5.74) is 6.29. The molecule has 1 N–H and O–H groups in total. The first kappa shape index (κ1) is 14.8. The Balaban J connectivity index is 2.45. The zero-order chi connectivity index (χ0) is 14.7. The number of aromatic nitrogens is 2. The van der Waals surface area contributed by atoms with E-state index in [0.29, 0.717) is 6.04 Å². The lowest BCUT2D eigenvalue weighted by atomic mass is 9.98. The Labute approximate surface area is 122 Å². The van der Waals surface area contributed by atoms with Crippen molar-refractivity contribution in [3.05, 3.63) is 41.2 Å². The van der Waals surface area contributed by atoms with Gasteiger partial charge in [0.2, 0.25) is 0 Å². The molecule has 0 unspecified atom stereocenters. The number of aryl methyl sites for hydroxylation is 2. The molecule has 0 radical (unpaired) electrons. The molecular formula is C17H25N3. The van der Waals surface area contributed by atoms with E-state index in [4.69, 9.17) is 0 Å². The van der Waals surface area contributed by atoms with Gasteiger partial charge in [-0.2, -0.15) is 5.10 Å². The van der Waals surface area contributed by atoms with Crippen molar-refractivity contribution >= 4 is 0 Å². The molecule has 2 rings (SSSR count). The van der Waals surface area contributed by atoms with Crippen molar-refractivity contribution in [2.45, 2.75) is 53.8 Å². The van der Waals surface area contributed by atoms with E-state index in [9.17, 15) is 0 Å². The van der Waals surface area contributed by atoms with Crippen molar-refractivity contribution in [1.82, 2.24) is 15.1 Å². The maximum Gasteiger partial charge on any atom is 0.0675 e. The zero-order valence-corrected chi connectivity index (χ0v) is 13.2. The quantitative estimate of drug-likeness (QED) is 0.899. The molecule has 0 fully saturated rings. The van der Waals surface area contributed by atoms with Gasteiger partial charge < -0.3 is 5.32 Å². The minimum atomic E-state index is 0.489. The van der Waals surface area contributed by atoms with Gasteiger partial charge in [0.1, 0.15) is 0 Å². The summed E-state index contributed by atoms with van der Waals surface area (Å²) in [7, 11) is 0. The second kappa shape index (κ2) is 6.23. The van der Waals surface area contributed by atoms with Gasteiger partial charge in [-0.25, -0.2) is 0 Å². The van der Waals surface area contributed by atoms with Crippen LogP contribution in [0.25, 0.3) is 11.1 Å². The van der Waals surface area contributed by atoms with E-state index in [1.54, 1.807) is 0 Å². The van der Waals surface area contributed by atoms with Crippen molar-refractivity contribution in [2.24, 2.45) is 0 Å². The highest BCUT2D eigenvalue weighted by Crippen LogP contribution is 2.29. The average molecular weight is 271 g/mol. The average Bonchev–Trinajstić information content (AvgIpc) is 2.71. The van der Waals surface area contributed by atoms with E-state index in [0.717, 1.165) is 18.8 Å². The van der Waals surface area contributed by atoms with Gasteiger partial charge in [0.05, 0.1) is 5.69 Å². The Morgan fingerprint density at radius 2 is 1.90 bits per heavy atom. The lowest BCUT2D eigenvalue weighted by molar-refractivity contribution is 0.589. The summed E-state index contributed by atoms with van der Waals surface area (Å²) < 4.78 is 2.08. The maximum absolute atomic E-state index is 4.64. The second-order valence-electron chi connectivity index (χ2n) is 5.55. The van der Waals surface area contributed by atoms with Gasteiger partial charge in [-0.05, 0) is 31.9 Å². The van der Waals surface area contributed by atoms with Crippen LogP contribution in [0.5, 0.6) is 0 Å². The van der Waals surface area contributed by atoms with Crippen LogP contribution < -0.4 is 5.32 Å². The highest BCUT2D eigenvalue weighted by atomic mass is 15.3. The van der Waals surface area contributed by atoms with Crippen LogP contribution in [0.1, 0.15) is 37.7 Å². The summed E-state index contributed by atoms with van der Waals surface area (Å²) in [5.74, 6) is 0. The fourth-order valence-electron chi connectivity index (χ4n) is 2.63. The molecule has 2 aromatic rings. The molecular weight excluding hydrogens is 246 g/mol. The summed E-state index contributed by atoms with van der Waals surface area (Å²) in [6.45, 7) is 12.5. The summed E-state index contributed by atoms with van der Waals surface area (Å²) in [6.07, 6.45) is 0. The van der Waals surface area contributed by atoms with Gasteiger partial charge >= 0.3 is 0 Å². The molecule has 1 heterocycles. The minimum absolute atomic E-state index is 0.489. The number of nitrogens with one attached hydrogen (secondary N) is 1. The summed E-state index contributed by atoms with van der Waals surface area (Å²) in [4.78, 5) is 0. The molecule has 0 spiro atoms. The standard InChI is InChI=1S/C17H25N3/c1-6-20-14(5)17(13(4)19-20)16-10-8-7-9-15(16)11-18-12(2)3/h7-10,12,18H,6,11H2,1-5H3. The lowest BCUT2D eigenvalue weighted by Gasteiger charge is -2.13. The Hall–Kier alpha value is -1.61. The Bertz CT molecular complexity index is 582. The molecule has 1 aromatic heterocycles. The third kappa shape index (κ3) is 2.93. The molecule has 0 aliphatic rings. The molecule has 108 valence electrons. The van der Waals surface area contributed by atoms with Gasteiger partial charge in [-0.15, -0.1) is 0 Å². The molecule has 0 amide bonds. The Morgan fingerprint density at radius 3 is 2.50 bits per heavy atom. The van der Waals surface area contributed by atoms with E-state index in [-0.39, 0.29) is 0 Å². The third-order valence-corrected chi connectivity index (χ3v) is 3.67. The second-order valence-corrected chi connectivity index (χ2v) is 5.55. The zero-order valence-electron chi connectivity index (χ0n) is 13.2. The molecule has 0 bridgehead atoms. The van der Waals surface area contributed by atoms with Gasteiger partial charge in [-0.1, -0.05) is 38.1 Å². The molecule has 0 aliphatic heterocycles. The van der Waals surface area contributed by atoms with Crippen molar-refractivity contribution in [1.29, 1.82) is 0 Å². The van der Waals surface area contributed by atoms with Crippen LogP contribution in [0.4, 0.5) is 0 Å². The van der Waals surface area contributed by atoms with Crippen molar-refractivity contribution < 1.29 is 0 Å². The Morgan fingerprint density at radius 1 is 1.20 bits per heavy atom. The molecule has 3 nitrogen and oxygen atoms in total. The largest absolute Gasteiger partial charge is 0.310 e. The van der Waals surface area contributed by atoms with Crippen LogP contribution in [-0.4, -0.2) is 15.8 Å². The van der Waals surface area contributed by atoms with Crippen LogP contribution in [-0.2, 0) is 13.1 Å². The minimum Gasteiger partial charge on any atom is -0.310 e. The first-order valence-electron chi connectivity index (χ1n) is 7.40. The van der Waals surface area contributed by atoms with Gasteiger partial charge in [0.25, 0.3) is 0 Å². The van der Waals surface area contributed by atoms with Crippen molar-refractivity contribution in [2.75, 3.05) is 0 Å². The molecule has 0 aliphatic carbocycles. The first-order chi connectivity index (χ1) is 9.54.